The lowest BCUT2D eigenvalue weighted by Crippen LogP contribution is -2.00. The molecule has 0 unspecified atom stereocenters. The first-order chi connectivity index (χ1) is 9.24. The van der Waals surface area contributed by atoms with Crippen molar-refractivity contribution in [2.75, 3.05) is 5.32 Å². The molecule has 96 valence electrons. The summed E-state index contributed by atoms with van der Waals surface area (Å²) in [4.78, 5) is 0. The normalized spacial score (nSPS) is 10.8. The number of phenolic OH excluding ortho intramolecular Hbond substituents is 1. The summed E-state index contributed by atoms with van der Waals surface area (Å²) in [5, 5.41) is 22.9. The van der Waals surface area contributed by atoms with Crippen molar-refractivity contribution in [3.8, 4) is 5.75 Å². The van der Waals surface area contributed by atoms with Crippen molar-refractivity contribution < 1.29 is 5.11 Å². The second-order valence-electron chi connectivity index (χ2n) is 4.41. The van der Waals surface area contributed by atoms with Crippen LogP contribution in [0.4, 0.5) is 5.69 Å². The molecule has 5 heteroatoms. The SMILES string of the molecule is Cn1cc(CNc2cccc3c(O)cccc23)nn1. The topological polar surface area (TPSA) is 63.0 Å². The summed E-state index contributed by atoms with van der Waals surface area (Å²) in [6.07, 6.45) is 1.87. The van der Waals surface area contributed by atoms with E-state index in [4.69, 9.17) is 0 Å². The molecule has 3 aromatic rings. The van der Waals surface area contributed by atoms with Gasteiger partial charge in [0.05, 0.1) is 6.54 Å². The molecule has 0 bridgehead atoms. The van der Waals surface area contributed by atoms with Gasteiger partial charge in [0.1, 0.15) is 11.4 Å². The van der Waals surface area contributed by atoms with Crippen LogP contribution in [0.2, 0.25) is 0 Å². The van der Waals surface area contributed by atoms with Crippen molar-refractivity contribution in [3.05, 3.63) is 48.3 Å². The number of hydrogen-bond donors (Lipinski definition) is 2. The monoisotopic (exact) mass is 254 g/mol. The first kappa shape index (κ1) is 11.5. The maximum Gasteiger partial charge on any atom is 0.123 e. The number of aryl methyl sites for hydroxylation is 1. The number of rotatable bonds is 3. The Morgan fingerprint density at radius 2 is 1.95 bits per heavy atom. The highest BCUT2D eigenvalue weighted by Gasteiger charge is 2.04. The highest BCUT2D eigenvalue weighted by molar-refractivity contribution is 5.97. The summed E-state index contributed by atoms with van der Waals surface area (Å²) >= 11 is 0. The Morgan fingerprint density at radius 1 is 1.16 bits per heavy atom. The van der Waals surface area contributed by atoms with Crippen molar-refractivity contribution >= 4 is 16.5 Å². The molecule has 0 aliphatic carbocycles. The molecule has 0 aliphatic rings. The van der Waals surface area contributed by atoms with Crippen LogP contribution in [0.1, 0.15) is 5.69 Å². The molecule has 3 rings (SSSR count). The molecular formula is C14H14N4O. The Labute approximate surface area is 110 Å². The van der Waals surface area contributed by atoms with Crippen molar-refractivity contribution in [1.29, 1.82) is 0 Å². The number of benzene rings is 2. The number of nitrogens with one attached hydrogen (secondary N) is 1. The molecule has 2 N–H and O–H groups in total. The van der Waals surface area contributed by atoms with Crippen molar-refractivity contribution in [2.45, 2.75) is 6.54 Å². The van der Waals surface area contributed by atoms with Gasteiger partial charge in [-0.2, -0.15) is 0 Å². The summed E-state index contributed by atoms with van der Waals surface area (Å²) in [5.41, 5.74) is 1.85. The maximum absolute atomic E-state index is 9.83. The Balaban J connectivity index is 1.91. The standard InChI is InChI=1S/C14H14N4O/c1-18-9-10(16-17-18)8-15-13-6-2-5-12-11(13)4-3-7-14(12)19/h2-7,9,15,19H,8H2,1H3. The van der Waals surface area contributed by atoms with Crippen LogP contribution in [0.3, 0.4) is 0 Å². The van der Waals surface area contributed by atoms with Gasteiger partial charge in [-0.25, -0.2) is 0 Å². The van der Waals surface area contributed by atoms with Gasteiger partial charge in [0.25, 0.3) is 0 Å². The molecule has 0 amide bonds. The van der Waals surface area contributed by atoms with Crippen LogP contribution in [0.25, 0.3) is 10.8 Å². The van der Waals surface area contributed by atoms with E-state index in [1.807, 2.05) is 43.6 Å². The summed E-state index contributed by atoms with van der Waals surface area (Å²) in [6.45, 7) is 0.600. The fourth-order valence-corrected chi connectivity index (χ4v) is 2.11. The zero-order valence-electron chi connectivity index (χ0n) is 10.5. The van der Waals surface area contributed by atoms with Crippen LogP contribution < -0.4 is 5.32 Å². The van der Waals surface area contributed by atoms with Crippen LogP contribution in [0.5, 0.6) is 5.75 Å². The van der Waals surface area contributed by atoms with E-state index in [0.717, 1.165) is 22.2 Å². The minimum absolute atomic E-state index is 0.292. The third kappa shape index (κ3) is 2.22. The second kappa shape index (κ2) is 4.61. The van der Waals surface area contributed by atoms with E-state index in [1.165, 1.54) is 0 Å². The quantitative estimate of drug-likeness (QED) is 0.752. The zero-order chi connectivity index (χ0) is 13.2. The van der Waals surface area contributed by atoms with E-state index in [-0.39, 0.29) is 0 Å². The molecule has 1 heterocycles. The Bertz CT molecular complexity index is 720. The van der Waals surface area contributed by atoms with E-state index in [0.29, 0.717) is 12.3 Å². The molecule has 0 radical (unpaired) electrons. The Hall–Kier alpha value is -2.56. The number of anilines is 1. The number of phenols is 1. The smallest absolute Gasteiger partial charge is 0.123 e. The van der Waals surface area contributed by atoms with Crippen LogP contribution >= 0.6 is 0 Å². The molecule has 5 nitrogen and oxygen atoms in total. The molecule has 0 aliphatic heterocycles. The molecule has 0 saturated carbocycles. The minimum atomic E-state index is 0.292. The second-order valence-corrected chi connectivity index (χ2v) is 4.41. The molecule has 19 heavy (non-hydrogen) atoms. The summed E-state index contributed by atoms with van der Waals surface area (Å²) < 4.78 is 1.67. The average molecular weight is 254 g/mol. The van der Waals surface area contributed by atoms with Gasteiger partial charge in [-0.3, -0.25) is 4.68 Å². The van der Waals surface area contributed by atoms with Gasteiger partial charge in [0, 0.05) is 29.7 Å². The lowest BCUT2D eigenvalue weighted by Gasteiger charge is -2.09. The first-order valence-corrected chi connectivity index (χ1v) is 6.04. The van der Waals surface area contributed by atoms with Gasteiger partial charge in [-0.05, 0) is 12.1 Å². The van der Waals surface area contributed by atoms with Gasteiger partial charge >= 0.3 is 0 Å². The van der Waals surface area contributed by atoms with Gasteiger partial charge in [0.15, 0.2) is 0 Å². The number of aromatic hydroxyl groups is 1. The third-order valence-corrected chi connectivity index (χ3v) is 3.01. The lowest BCUT2D eigenvalue weighted by atomic mass is 10.1. The summed E-state index contributed by atoms with van der Waals surface area (Å²) in [6, 6.07) is 11.3. The zero-order valence-corrected chi connectivity index (χ0v) is 10.5. The van der Waals surface area contributed by atoms with Crippen LogP contribution in [0.15, 0.2) is 42.6 Å². The van der Waals surface area contributed by atoms with Gasteiger partial charge in [-0.1, -0.05) is 29.5 Å². The minimum Gasteiger partial charge on any atom is -0.507 e. The highest BCUT2D eigenvalue weighted by Crippen LogP contribution is 2.29. The Morgan fingerprint density at radius 3 is 2.74 bits per heavy atom. The van der Waals surface area contributed by atoms with Crippen LogP contribution in [-0.4, -0.2) is 20.1 Å². The molecule has 0 spiro atoms. The van der Waals surface area contributed by atoms with E-state index < -0.39 is 0 Å². The first-order valence-electron chi connectivity index (χ1n) is 6.04. The van der Waals surface area contributed by atoms with Crippen molar-refractivity contribution in [1.82, 2.24) is 15.0 Å². The van der Waals surface area contributed by atoms with E-state index in [1.54, 1.807) is 10.7 Å². The van der Waals surface area contributed by atoms with Crippen molar-refractivity contribution in [2.24, 2.45) is 7.05 Å². The largest absolute Gasteiger partial charge is 0.507 e. The predicted octanol–water partition coefficient (Wildman–Crippen LogP) is 2.29. The molecule has 0 saturated heterocycles. The van der Waals surface area contributed by atoms with Gasteiger partial charge < -0.3 is 10.4 Å². The Kier molecular flexibility index (Phi) is 2.79. The highest BCUT2D eigenvalue weighted by atomic mass is 16.3. The number of nitrogens with zero attached hydrogens (tertiary/aromatic N) is 3. The van der Waals surface area contributed by atoms with E-state index in [9.17, 15) is 5.11 Å². The molecule has 1 aromatic heterocycles. The van der Waals surface area contributed by atoms with Crippen molar-refractivity contribution in [3.63, 3.8) is 0 Å². The summed E-state index contributed by atoms with van der Waals surface area (Å²) in [7, 11) is 1.84. The molecule has 0 atom stereocenters. The number of aromatic nitrogens is 3. The van der Waals surface area contributed by atoms with E-state index >= 15 is 0 Å². The van der Waals surface area contributed by atoms with Crippen LogP contribution in [-0.2, 0) is 13.6 Å². The average Bonchev–Trinajstić information content (AvgIpc) is 2.83. The number of hydrogen-bond acceptors (Lipinski definition) is 4. The predicted molar refractivity (Wildman–Crippen MR) is 73.9 cm³/mol. The van der Waals surface area contributed by atoms with Gasteiger partial charge in [-0.15, -0.1) is 5.10 Å². The third-order valence-electron chi connectivity index (χ3n) is 3.01. The maximum atomic E-state index is 9.83. The fraction of sp³-hybridized carbons (Fsp3) is 0.143. The molecular weight excluding hydrogens is 240 g/mol. The van der Waals surface area contributed by atoms with Gasteiger partial charge in [0.2, 0.25) is 0 Å². The summed E-state index contributed by atoms with van der Waals surface area (Å²) in [5.74, 6) is 0.292. The molecule has 0 fully saturated rings. The number of fused-ring (bicyclic) bond motifs is 1. The fourth-order valence-electron chi connectivity index (χ4n) is 2.11. The lowest BCUT2D eigenvalue weighted by molar-refractivity contribution is 0.481. The van der Waals surface area contributed by atoms with E-state index in [2.05, 4.69) is 15.6 Å². The molecule has 2 aromatic carbocycles. The van der Waals surface area contributed by atoms with Crippen LogP contribution in [0, 0.1) is 0 Å².